The van der Waals surface area contributed by atoms with Crippen molar-refractivity contribution >= 4 is 17.7 Å². The highest BCUT2D eigenvalue weighted by Crippen LogP contribution is 2.16. The van der Waals surface area contributed by atoms with Crippen LogP contribution in [0.3, 0.4) is 0 Å². The molecule has 1 aromatic carbocycles. The van der Waals surface area contributed by atoms with E-state index in [-0.39, 0.29) is 11.9 Å². The number of benzene rings is 1. The Labute approximate surface area is 160 Å². The minimum absolute atomic E-state index is 0.0296. The standard InChI is InChI=1S/C20H28N6O/c1-15-14-18(24-20(21)22-15)26-12-10-25(11-13-26)9-8-19(27)23-16(2)17-6-4-3-5-7-17/h3-7,14,16H,8-13H2,1-2H3,(H,23,27)(H2,21,22,24). The third-order valence-corrected chi connectivity index (χ3v) is 4.89. The summed E-state index contributed by atoms with van der Waals surface area (Å²) in [6, 6.07) is 12.0. The minimum atomic E-state index is 0.0296. The Bertz CT molecular complexity index is 738. The Morgan fingerprint density at radius 1 is 1.19 bits per heavy atom. The van der Waals surface area contributed by atoms with Crippen molar-refractivity contribution in [1.82, 2.24) is 20.2 Å². The largest absolute Gasteiger partial charge is 0.368 e. The molecule has 1 aromatic heterocycles. The number of nitrogens with zero attached hydrogens (tertiary/aromatic N) is 4. The minimum Gasteiger partial charge on any atom is -0.368 e. The molecule has 0 spiro atoms. The summed E-state index contributed by atoms with van der Waals surface area (Å²) in [4.78, 5) is 25.2. The first-order valence-electron chi connectivity index (χ1n) is 9.44. The zero-order valence-corrected chi connectivity index (χ0v) is 16.1. The number of nitrogens with one attached hydrogen (secondary N) is 1. The lowest BCUT2D eigenvalue weighted by Gasteiger charge is -2.35. The molecule has 3 N–H and O–H groups in total. The molecule has 1 aliphatic heterocycles. The zero-order valence-electron chi connectivity index (χ0n) is 16.1. The third kappa shape index (κ3) is 5.40. The van der Waals surface area contributed by atoms with Gasteiger partial charge in [-0.1, -0.05) is 30.3 Å². The molecule has 27 heavy (non-hydrogen) atoms. The average molecular weight is 368 g/mol. The lowest BCUT2D eigenvalue weighted by Crippen LogP contribution is -2.47. The van der Waals surface area contributed by atoms with E-state index in [1.54, 1.807) is 0 Å². The van der Waals surface area contributed by atoms with Gasteiger partial charge in [-0.2, -0.15) is 4.98 Å². The van der Waals surface area contributed by atoms with Crippen LogP contribution in [0, 0.1) is 6.92 Å². The fourth-order valence-electron chi connectivity index (χ4n) is 3.34. The number of nitrogens with two attached hydrogens (primary N) is 1. The summed E-state index contributed by atoms with van der Waals surface area (Å²) < 4.78 is 0. The first-order valence-corrected chi connectivity index (χ1v) is 9.44. The van der Waals surface area contributed by atoms with Gasteiger partial charge < -0.3 is 16.0 Å². The molecule has 1 saturated heterocycles. The monoisotopic (exact) mass is 368 g/mol. The molecular formula is C20H28N6O. The van der Waals surface area contributed by atoms with Gasteiger partial charge in [-0.15, -0.1) is 0 Å². The molecule has 1 unspecified atom stereocenters. The van der Waals surface area contributed by atoms with Gasteiger partial charge >= 0.3 is 0 Å². The molecule has 144 valence electrons. The van der Waals surface area contributed by atoms with Crippen molar-refractivity contribution in [3.63, 3.8) is 0 Å². The van der Waals surface area contributed by atoms with Crippen LogP contribution in [0.25, 0.3) is 0 Å². The second kappa shape index (κ2) is 8.81. The van der Waals surface area contributed by atoms with Crippen molar-refractivity contribution in [2.45, 2.75) is 26.3 Å². The predicted octanol–water partition coefficient (Wildman–Crippen LogP) is 1.76. The molecule has 7 nitrogen and oxygen atoms in total. The zero-order chi connectivity index (χ0) is 19.2. The van der Waals surface area contributed by atoms with E-state index in [1.807, 2.05) is 50.2 Å². The summed E-state index contributed by atoms with van der Waals surface area (Å²) in [5.41, 5.74) is 7.76. The van der Waals surface area contributed by atoms with Crippen LogP contribution in [-0.2, 0) is 4.79 Å². The number of rotatable bonds is 6. The Kier molecular flexibility index (Phi) is 6.24. The van der Waals surface area contributed by atoms with Crippen molar-refractivity contribution in [2.75, 3.05) is 43.4 Å². The number of carbonyl (C=O) groups is 1. The van der Waals surface area contributed by atoms with Crippen LogP contribution in [0.2, 0.25) is 0 Å². The molecule has 1 atom stereocenters. The van der Waals surface area contributed by atoms with Crippen LogP contribution in [0.1, 0.15) is 30.6 Å². The van der Waals surface area contributed by atoms with Gasteiger partial charge in [-0.05, 0) is 19.4 Å². The van der Waals surface area contributed by atoms with Crippen molar-refractivity contribution in [3.8, 4) is 0 Å². The molecule has 0 bridgehead atoms. The summed E-state index contributed by atoms with van der Waals surface area (Å²) in [5, 5.41) is 3.08. The normalized spacial score (nSPS) is 16.1. The van der Waals surface area contributed by atoms with Crippen LogP contribution < -0.4 is 16.0 Å². The molecular weight excluding hydrogens is 340 g/mol. The van der Waals surface area contributed by atoms with Crippen molar-refractivity contribution in [2.24, 2.45) is 0 Å². The topological polar surface area (TPSA) is 87.4 Å². The van der Waals surface area contributed by atoms with Crippen LogP contribution in [-0.4, -0.2) is 53.5 Å². The van der Waals surface area contributed by atoms with Crippen molar-refractivity contribution < 1.29 is 4.79 Å². The average Bonchev–Trinajstić information content (AvgIpc) is 2.66. The lowest BCUT2D eigenvalue weighted by atomic mass is 10.1. The molecule has 0 radical (unpaired) electrons. The number of carbonyl (C=O) groups excluding carboxylic acids is 1. The van der Waals surface area contributed by atoms with Crippen LogP contribution >= 0.6 is 0 Å². The number of aromatic nitrogens is 2. The van der Waals surface area contributed by atoms with Gasteiger partial charge in [0.15, 0.2) is 0 Å². The molecule has 0 aliphatic carbocycles. The lowest BCUT2D eigenvalue weighted by molar-refractivity contribution is -0.122. The molecule has 0 saturated carbocycles. The molecule has 3 rings (SSSR count). The van der Waals surface area contributed by atoms with Crippen molar-refractivity contribution in [1.29, 1.82) is 0 Å². The van der Waals surface area contributed by atoms with E-state index >= 15 is 0 Å². The highest BCUT2D eigenvalue weighted by Gasteiger charge is 2.19. The maximum atomic E-state index is 12.3. The van der Waals surface area contributed by atoms with E-state index in [2.05, 4.69) is 25.1 Å². The van der Waals surface area contributed by atoms with E-state index < -0.39 is 0 Å². The summed E-state index contributed by atoms with van der Waals surface area (Å²) in [7, 11) is 0. The highest BCUT2D eigenvalue weighted by molar-refractivity contribution is 5.76. The van der Waals surface area contributed by atoms with Crippen molar-refractivity contribution in [3.05, 3.63) is 47.7 Å². The number of nitrogen functional groups attached to an aromatic ring is 1. The first-order chi connectivity index (χ1) is 13.0. The number of hydrogen-bond donors (Lipinski definition) is 2. The Morgan fingerprint density at radius 3 is 2.56 bits per heavy atom. The summed E-state index contributed by atoms with van der Waals surface area (Å²) >= 11 is 0. The van der Waals surface area contributed by atoms with E-state index in [0.717, 1.165) is 49.8 Å². The van der Waals surface area contributed by atoms with E-state index in [9.17, 15) is 4.79 Å². The van der Waals surface area contributed by atoms with Crippen LogP contribution in [0.4, 0.5) is 11.8 Å². The summed E-state index contributed by atoms with van der Waals surface area (Å²) in [6.07, 6.45) is 0.511. The number of amides is 1. The molecule has 1 amide bonds. The molecule has 7 heteroatoms. The maximum absolute atomic E-state index is 12.3. The molecule has 1 fully saturated rings. The van der Waals surface area contributed by atoms with Crippen LogP contribution in [0.15, 0.2) is 36.4 Å². The maximum Gasteiger partial charge on any atom is 0.222 e. The number of piperazine rings is 1. The van der Waals surface area contributed by atoms with E-state index in [0.29, 0.717) is 12.4 Å². The van der Waals surface area contributed by atoms with Gasteiger partial charge in [0.1, 0.15) is 5.82 Å². The first kappa shape index (κ1) is 19.1. The quantitative estimate of drug-likeness (QED) is 0.808. The summed E-state index contributed by atoms with van der Waals surface area (Å²) in [5.74, 6) is 1.29. The fourth-order valence-corrected chi connectivity index (χ4v) is 3.34. The van der Waals surface area contributed by atoms with Gasteiger partial charge in [0.05, 0.1) is 6.04 Å². The Hall–Kier alpha value is -2.67. The molecule has 2 aromatic rings. The van der Waals surface area contributed by atoms with E-state index in [4.69, 9.17) is 5.73 Å². The molecule has 1 aliphatic rings. The molecule has 2 heterocycles. The van der Waals surface area contributed by atoms with Gasteiger partial charge in [0, 0.05) is 50.9 Å². The second-order valence-corrected chi connectivity index (χ2v) is 7.00. The second-order valence-electron chi connectivity index (χ2n) is 7.00. The summed E-state index contributed by atoms with van der Waals surface area (Å²) in [6.45, 7) is 8.27. The fraction of sp³-hybridized carbons (Fsp3) is 0.450. The van der Waals surface area contributed by atoms with Gasteiger partial charge in [0.25, 0.3) is 0 Å². The van der Waals surface area contributed by atoms with Gasteiger partial charge in [-0.3, -0.25) is 9.69 Å². The SMILES string of the molecule is Cc1cc(N2CCN(CCC(=O)NC(C)c3ccccc3)CC2)nc(N)n1. The highest BCUT2D eigenvalue weighted by atomic mass is 16.1. The van der Waals surface area contributed by atoms with Gasteiger partial charge in [0.2, 0.25) is 11.9 Å². The smallest absolute Gasteiger partial charge is 0.222 e. The number of hydrogen-bond acceptors (Lipinski definition) is 6. The Morgan fingerprint density at radius 2 is 1.89 bits per heavy atom. The van der Waals surface area contributed by atoms with E-state index in [1.165, 1.54) is 0 Å². The predicted molar refractivity (Wildman–Crippen MR) is 107 cm³/mol. The van der Waals surface area contributed by atoms with Gasteiger partial charge in [-0.25, -0.2) is 4.98 Å². The number of aryl methyl sites for hydroxylation is 1. The van der Waals surface area contributed by atoms with Crippen LogP contribution in [0.5, 0.6) is 0 Å². The third-order valence-electron chi connectivity index (χ3n) is 4.89. The Balaban J connectivity index is 1.42. The number of anilines is 2.